The molecule has 1 fully saturated rings. The summed E-state index contributed by atoms with van der Waals surface area (Å²) >= 11 is 0. The number of hydrogen-bond acceptors (Lipinski definition) is 6. The van der Waals surface area contributed by atoms with Crippen LogP contribution in [-0.2, 0) is 19.1 Å². The van der Waals surface area contributed by atoms with Crippen LogP contribution in [-0.4, -0.2) is 45.2 Å². The van der Waals surface area contributed by atoms with Gasteiger partial charge in [0, 0.05) is 24.7 Å². The van der Waals surface area contributed by atoms with Gasteiger partial charge in [-0.25, -0.2) is 0 Å². The number of rotatable bonds is 7. The normalized spacial score (nSPS) is 15.6. The highest BCUT2D eigenvalue weighted by molar-refractivity contribution is 6.01. The maximum Gasteiger partial charge on any atom is 0.311 e. The molecule has 1 atom stereocenters. The fourth-order valence-corrected chi connectivity index (χ4v) is 3.19. The van der Waals surface area contributed by atoms with Crippen molar-refractivity contribution in [3.8, 4) is 11.5 Å². The van der Waals surface area contributed by atoms with Crippen molar-refractivity contribution in [1.82, 2.24) is 0 Å². The van der Waals surface area contributed by atoms with Crippen LogP contribution in [0.15, 0.2) is 42.5 Å². The van der Waals surface area contributed by atoms with Crippen LogP contribution in [0.2, 0.25) is 0 Å². The molecule has 8 nitrogen and oxygen atoms in total. The van der Waals surface area contributed by atoms with Crippen LogP contribution < -0.4 is 19.7 Å². The van der Waals surface area contributed by atoms with Gasteiger partial charge in [-0.05, 0) is 31.2 Å². The van der Waals surface area contributed by atoms with Crippen molar-refractivity contribution in [3.63, 3.8) is 0 Å². The summed E-state index contributed by atoms with van der Waals surface area (Å²) in [5.41, 5.74) is 2.21. The van der Waals surface area contributed by atoms with E-state index in [1.54, 1.807) is 30.3 Å². The third-order valence-electron chi connectivity index (χ3n) is 4.82. The van der Waals surface area contributed by atoms with Gasteiger partial charge in [-0.1, -0.05) is 17.7 Å². The summed E-state index contributed by atoms with van der Waals surface area (Å²) in [5.74, 6) is -0.865. The largest absolute Gasteiger partial charge is 0.497 e. The number of nitrogens with one attached hydrogen (secondary N) is 1. The van der Waals surface area contributed by atoms with Crippen molar-refractivity contribution in [2.75, 3.05) is 37.6 Å². The Bertz CT molecular complexity index is 941. The second-order valence-electron chi connectivity index (χ2n) is 6.97. The average molecular weight is 412 g/mol. The van der Waals surface area contributed by atoms with Gasteiger partial charge in [0.1, 0.15) is 11.5 Å². The number of methoxy groups -OCH3 is 2. The topological polar surface area (TPSA) is 94.2 Å². The zero-order valence-corrected chi connectivity index (χ0v) is 17.1. The molecule has 0 bridgehead atoms. The quantitative estimate of drug-likeness (QED) is 0.703. The fourth-order valence-electron chi connectivity index (χ4n) is 3.19. The Hall–Kier alpha value is -3.55. The van der Waals surface area contributed by atoms with E-state index in [2.05, 4.69) is 5.32 Å². The van der Waals surface area contributed by atoms with Crippen LogP contribution in [0.3, 0.4) is 0 Å². The van der Waals surface area contributed by atoms with Gasteiger partial charge in [0.25, 0.3) is 5.91 Å². The highest BCUT2D eigenvalue weighted by atomic mass is 16.5. The molecule has 0 aliphatic carbocycles. The fraction of sp³-hybridized carbons (Fsp3) is 0.318. The van der Waals surface area contributed by atoms with Gasteiger partial charge < -0.3 is 24.4 Å². The van der Waals surface area contributed by atoms with Gasteiger partial charge in [-0.15, -0.1) is 0 Å². The summed E-state index contributed by atoms with van der Waals surface area (Å²) in [5, 5.41) is 2.66. The van der Waals surface area contributed by atoms with Gasteiger partial charge in [-0.3, -0.25) is 14.4 Å². The molecule has 1 saturated heterocycles. The number of nitrogens with zero attached hydrogens (tertiary/aromatic N) is 1. The number of carbonyl (C=O) groups excluding carboxylic acids is 3. The van der Waals surface area contributed by atoms with Crippen LogP contribution in [0.1, 0.15) is 12.0 Å². The molecule has 1 aliphatic heterocycles. The number of benzene rings is 2. The van der Waals surface area contributed by atoms with E-state index in [1.807, 2.05) is 19.1 Å². The molecule has 158 valence electrons. The monoisotopic (exact) mass is 412 g/mol. The summed E-state index contributed by atoms with van der Waals surface area (Å²) in [6, 6.07) is 12.4. The second-order valence-corrected chi connectivity index (χ2v) is 6.97. The van der Waals surface area contributed by atoms with E-state index in [0.717, 1.165) is 5.56 Å². The molecule has 2 aromatic carbocycles. The lowest BCUT2D eigenvalue weighted by Gasteiger charge is -2.20. The molecule has 2 amide bonds. The maximum absolute atomic E-state index is 12.5. The predicted octanol–water partition coefficient (Wildman–Crippen LogP) is 2.55. The Balaban J connectivity index is 1.58. The number of aryl methyl sites for hydroxylation is 1. The number of amides is 2. The van der Waals surface area contributed by atoms with Crippen LogP contribution in [0.5, 0.6) is 11.5 Å². The summed E-state index contributed by atoms with van der Waals surface area (Å²) < 4.78 is 15.7. The predicted molar refractivity (Wildman–Crippen MR) is 111 cm³/mol. The van der Waals surface area contributed by atoms with Gasteiger partial charge in [0.05, 0.1) is 25.8 Å². The molecule has 30 heavy (non-hydrogen) atoms. The van der Waals surface area contributed by atoms with Crippen LogP contribution in [0.4, 0.5) is 11.4 Å². The summed E-state index contributed by atoms with van der Waals surface area (Å²) in [6.45, 7) is 1.67. The van der Waals surface area contributed by atoms with E-state index in [-0.39, 0.29) is 18.9 Å². The Kier molecular flexibility index (Phi) is 6.56. The first-order chi connectivity index (χ1) is 14.4. The van der Waals surface area contributed by atoms with Crippen molar-refractivity contribution in [1.29, 1.82) is 0 Å². The lowest BCUT2D eigenvalue weighted by Crippen LogP contribution is -2.28. The minimum absolute atomic E-state index is 0.00121. The molecule has 0 radical (unpaired) electrons. The minimum atomic E-state index is -0.666. The van der Waals surface area contributed by atoms with Crippen LogP contribution in [0.25, 0.3) is 0 Å². The highest BCUT2D eigenvalue weighted by Crippen LogP contribution is 2.36. The smallest absolute Gasteiger partial charge is 0.311 e. The summed E-state index contributed by atoms with van der Waals surface area (Å²) in [6.07, 6.45) is -0.00121. The van der Waals surface area contributed by atoms with Gasteiger partial charge in [0.2, 0.25) is 5.91 Å². The van der Waals surface area contributed by atoms with E-state index in [4.69, 9.17) is 14.2 Å². The lowest BCUT2D eigenvalue weighted by atomic mass is 10.1. The molecule has 0 spiro atoms. The van der Waals surface area contributed by atoms with Gasteiger partial charge >= 0.3 is 5.97 Å². The van der Waals surface area contributed by atoms with Crippen molar-refractivity contribution < 1.29 is 28.6 Å². The zero-order chi connectivity index (χ0) is 21.7. The Morgan fingerprint density at radius 3 is 2.50 bits per heavy atom. The molecular formula is C22H24N2O6. The van der Waals surface area contributed by atoms with Gasteiger partial charge in [0.15, 0.2) is 6.61 Å². The first-order valence-electron chi connectivity index (χ1n) is 9.47. The second kappa shape index (κ2) is 9.30. The first-order valence-corrected chi connectivity index (χ1v) is 9.47. The maximum atomic E-state index is 12.5. The number of esters is 1. The van der Waals surface area contributed by atoms with E-state index in [1.165, 1.54) is 19.1 Å². The van der Waals surface area contributed by atoms with Crippen LogP contribution in [0, 0.1) is 12.8 Å². The van der Waals surface area contributed by atoms with Crippen molar-refractivity contribution in [2.24, 2.45) is 5.92 Å². The Morgan fingerprint density at radius 2 is 1.83 bits per heavy atom. The molecular weight excluding hydrogens is 388 g/mol. The third-order valence-corrected chi connectivity index (χ3v) is 4.82. The minimum Gasteiger partial charge on any atom is -0.497 e. The van der Waals surface area contributed by atoms with E-state index in [0.29, 0.717) is 22.9 Å². The zero-order valence-electron chi connectivity index (χ0n) is 17.1. The van der Waals surface area contributed by atoms with Crippen molar-refractivity contribution in [3.05, 3.63) is 48.0 Å². The van der Waals surface area contributed by atoms with Gasteiger partial charge in [-0.2, -0.15) is 0 Å². The number of hydrogen-bond donors (Lipinski definition) is 1. The average Bonchev–Trinajstić information content (AvgIpc) is 3.14. The van der Waals surface area contributed by atoms with Crippen molar-refractivity contribution >= 4 is 29.2 Å². The number of carbonyl (C=O) groups is 3. The van der Waals surface area contributed by atoms with E-state index < -0.39 is 24.4 Å². The first kappa shape index (κ1) is 21.2. The Morgan fingerprint density at radius 1 is 1.10 bits per heavy atom. The molecule has 0 unspecified atom stereocenters. The molecule has 1 aliphatic rings. The summed E-state index contributed by atoms with van der Waals surface area (Å²) in [4.78, 5) is 38.4. The molecule has 0 aromatic heterocycles. The highest BCUT2D eigenvalue weighted by Gasteiger charge is 2.37. The molecule has 2 aromatic rings. The SMILES string of the molecule is COc1ccc(OC)c(N2C[C@@H](C(=O)OCC(=O)Nc3ccc(C)cc3)CC2=O)c1. The van der Waals surface area contributed by atoms with Crippen LogP contribution >= 0.6 is 0 Å². The van der Waals surface area contributed by atoms with Crippen molar-refractivity contribution in [2.45, 2.75) is 13.3 Å². The standard InChI is InChI=1S/C22H24N2O6/c1-14-4-6-16(7-5-14)23-20(25)13-30-22(27)15-10-21(26)24(12-15)18-11-17(28-2)8-9-19(18)29-3/h4-9,11,15H,10,12-13H2,1-3H3,(H,23,25)/t15-/m0/s1. The third kappa shape index (κ3) is 4.89. The number of ether oxygens (including phenoxy) is 3. The van der Waals surface area contributed by atoms with E-state index in [9.17, 15) is 14.4 Å². The molecule has 3 rings (SSSR count). The van der Waals surface area contributed by atoms with E-state index >= 15 is 0 Å². The lowest BCUT2D eigenvalue weighted by molar-refractivity contribution is -0.151. The molecule has 1 N–H and O–H groups in total. The Labute approximate surface area is 174 Å². The summed E-state index contributed by atoms with van der Waals surface area (Å²) in [7, 11) is 3.03. The number of anilines is 2. The molecule has 1 heterocycles. The molecule has 8 heteroatoms. The molecule has 0 saturated carbocycles.